The van der Waals surface area contributed by atoms with Gasteiger partial charge in [0, 0.05) is 11.9 Å². The van der Waals surface area contributed by atoms with Crippen LogP contribution in [-0.2, 0) is 6.18 Å². The first-order valence-electron chi connectivity index (χ1n) is 10.8. The molecule has 3 heterocycles. The Kier molecular flexibility index (Phi) is 4.23. The molecule has 172 valence electrons. The molecule has 1 fully saturated rings. The Morgan fingerprint density at radius 2 is 1.68 bits per heavy atom. The Morgan fingerprint density at radius 3 is 2.47 bits per heavy atom. The average molecular weight is 465 g/mol. The maximum atomic E-state index is 13.5. The molecule has 0 spiro atoms. The molecular weight excluding hydrogens is 447 g/mol. The minimum absolute atomic E-state index is 0.0988. The van der Waals surface area contributed by atoms with Gasteiger partial charge in [0.05, 0.1) is 28.9 Å². The molecule has 2 aliphatic heterocycles. The van der Waals surface area contributed by atoms with Crippen LogP contribution in [0.1, 0.15) is 40.1 Å². The van der Waals surface area contributed by atoms with Crippen molar-refractivity contribution in [3.8, 4) is 11.6 Å². The van der Waals surface area contributed by atoms with Gasteiger partial charge in [-0.3, -0.25) is 9.36 Å². The maximum Gasteiger partial charge on any atom is 0.417 e. The van der Waals surface area contributed by atoms with Crippen LogP contribution in [0.2, 0.25) is 0 Å². The first-order chi connectivity index (χ1) is 16.3. The van der Waals surface area contributed by atoms with Gasteiger partial charge in [0.2, 0.25) is 5.88 Å². The van der Waals surface area contributed by atoms with E-state index < -0.39 is 41.0 Å². The van der Waals surface area contributed by atoms with Crippen molar-refractivity contribution < 1.29 is 23.1 Å². The van der Waals surface area contributed by atoms with Gasteiger partial charge in [-0.2, -0.15) is 13.2 Å². The Labute approximate surface area is 191 Å². The molecular formula is C25H18F3N3O3. The van der Waals surface area contributed by atoms with Crippen LogP contribution in [0, 0.1) is 0 Å². The smallest absolute Gasteiger partial charge is 0.417 e. The molecule has 0 saturated carbocycles. The van der Waals surface area contributed by atoms with E-state index in [4.69, 9.17) is 0 Å². The van der Waals surface area contributed by atoms with Gasteiger partial charge in [-0.1, -0.05) is 48.5 Å². The van der Waals surface area contributed by atoms with Crippen LogP contribution in [-0.4, -0.2) is 31.6 Å². The fourth-order valence-corrected chi connectivity index (χ4v) is 5.36. The summed E-state index contributed by atoms with van der Waals surface area (Å²) in [6.07, 6.45) is -4.30. The van der Waals surface area contributed by atoms with Crippen LogP contribution >= 0.6 is 0 Å². The number of nitrogens with zero attached hydrogens (tertiary/aromatic N) is 3. The summed E-state index contributed by atoms with van der Waals surface area (Å²) in [6, 6.07) is 16.4. The van der Waals surface area contributed by atoms with Crippen molar-refractivity contribution in [1.29, 1.82) is 0 Å². The van der Waals surface area contributed by atoms with Crippen LogP contribution in [0.3, 0.4) is 0 Å². The normalized spacial score (nSPS) is 19.1. The molecule has 1 amide bonds. The Hall–Kier alpha value is -4.01. The molecule has 2 unspecified atom stereocenters. The topological polar surface area (TPSA) is 67.5 Å². The van der Waals surface area contributed by atoms with E-state index in [2.05, 4.69) is 0 Å². The van der Waals surface area contributed by atoms with E-state index in [0.29, 0.717) is 12.1 Å². The van der Waals surface area contributed by atoms with Crippen molar-refractivity contribution in [3.63, 3.8) is 0 Å². The highest BCUT2D eigenvalue weighted by atomic mass is 19.4. The van der Waals surface area contributed by atoms with E-state index in [1.54, 1.807) is 12.1 Å². The highest BCUT2D eigenvalue weighted by molar-refractivity contribution is 5.96. The number of halogens is 3. The number of imidazole rings is 1. The van der Waals surface area contributed by atoms with Crippen molar-refractivity contribution in [2.45, 2.75) is 24.7 Å². The number of fused-ring (bicyclic) bond motifs is 6. The summed E-state index contributed by atoms with van der Waals surface area (Å²) < 4.78 is 43.2. The van der Waals surface area contributed by atoms with E-state index in [1.165, 1.54) is 26.2 Å². The summed E-state index contributed by atoms with van der Waals surface area (Å²) in [6.45, 7) is 0.0988. The molecule has 0 radical (unpaired) electrons. The molecule has 34 heavy (non-hydrogen) atoms. The van der Waals surface area contributed by atoms with Crippen molar-refractivity contribution >= 4 is 16.7 Å². The summed E-state index contributed by atoms with van der Waals surface area (Å²) in [4.78, 5) is 27.9. The molecule has 3 aromatic carbocycles. The summed E-state index contributed by atoms with van der Waals surface area (Å²) >= 11 is 0. The van der Waals surface area contributed by atoms with Crippen LogP contribution in [0.5, 0.6) is 5.88 Å². The predicted molar refractivity (Wildman–Crippen MR) is 118 cm³/mol. The van der Waals surface area contributed by atoms with Crippen molar-refractivity contribution in [2.24, 2.45) is 0 Å². The highest BCUT2D eigenvalue weighted by Gasteiger charge is 2.50. The lowest BCUT2D eigenvalue weighted by Crippen LogP contribution is -2.38. The fourth-order valence-electron chi connectivity index (χ4n) is 5.36. The number of benzene rings is 3. The predicted octanol–water partition coefficient (Wildman–Crippen LogP) is 4.66. The third-order valence-electron chi connectivity index (χ3n) is 6.79. The summed E-state index contributed by atoms with van der Waals surface area (Å²) in [5.74, 6) is -1.06. The van der Waals surface area contributed by atoms with Gasteiger partial charge < -0.3 is 10.0 Å². The number of carbonyl (C=O) groups excluding carboxylic acids is 1. The average Bonchev–Trinajstić information content (AvgIpc) is 3.49. The number of aromatic hydroxyl groups is 1. The Morgan fingerprint density at radius 1 is 0.971 bits per heavy atom. The quantitative estimate of drug-likeness (QED) is 0.468. The van der Waals surface area contributed by atoms with Crippen molar-refractivity contribution in [3.05, 3.63) is 94.0 Å². The molecule has 2 aliphatic rings. The van der Waals surface area contributed by atoms with Crippen LogP contribution in [0.25, 0.3) is 16.5 Å². The first-order valence-corrected chi connectivity index (χ1v) is 10.8. The molecule has 2 atom stereocenters. The summed E-state index contributed by atoms with van der Waals surface area (Å²) in [5, 5.41) is 12.8. The second kappa shape index (κ2) is 6.99. The molecule has 0 aliphatic carbocycles. The van der Waals surface area contributed by atoms with E-state index in [1.807, 2.05) is 30.3 Å². The molecule has 2 bridgehead atoms. The summed E-state index contributed by atoms with van der Waals surface area (Å²) in [7, 11) is 0. The number of alkyl halides is 3. The monoisotopic (exact) mass is 465 g/mol. The number of hydrogen-bond donors (Lipinski definition) is 1. The lowest BCUT2D eigenvalue weighted by atomic mass is 10.0. The number of likely N-dealkylation sites (tertiary alicyclic amines) is 1. The van der Waals surface area contributed by atoms with E-state index >= 15 is 0 Å². The van der Waals surface area contributed by atoms with E-state index in [9.17, 15) is 27.9 Å². The fraction of sp³-hybridized carbons (Fsp3) is 0.200. The SMILES string of the molecule is O=C(c1ccccc1C(F)(F)F)N1CC2CC1c1c(O)n(-c3cccc4ccccc34)c(=O)n12. The summed E-state index contributed by atoms with van der Waals surface area (Å²) in [5.41, 5.74) is -1.12. The molecule has 4 aromatic rings. The van der Waals surface area contributed by atoms with Gasteiger partial charge in [-0.15, -0.1) is 0 Å². The number of carbonyl (C=O) groups is 1. The molecule has 6 nitrogen and oxygen atoms in total. The number of amides is 1. The van der Waals surface area contributed by atoms with Gasteiger partial charge in [0.25, 0.3) is 5.91 Å². The Balaban J connectivity index is 1.46. The van der Waals surface area contributed by atoms with E-state index in [0.717, 1.165) is 22.9 Å². The van der Waals surface area contributed by atoms with Gasteiger partial charge in [0.15, 0.2) is 0 Å². The molecule has 6 rings (SSSR count). The number of hydrogen-bond acceptors (Lipinski definition) is 3. The lowest BCUT2D eigenvalue weighted by Gasteiger charge is -2.28. The first kappa shape index (κ1) is 20.6. The minimum atomic E-state index is -4.67. The second-order valence-electron chi connectivity index (χ2n) is 8.60. The van der Waals surface area contributed by atoms with Crippen LogP contribution in [0.15, 0.2) is 71.5 Å². The van der Waals surface area contributed by atoms with Crippen LogP contribution in [0.4, 0.5) is 13.2 Å². The van der Waals surface area contributed by atoms with E-state index in [-0.39, 0.29) is 18.1 Å². The number of rotatable bonds is 2. The molecule has 1 saturated heterocycles. The molecule has 1 N–H and O–H groups in total. The second-order valence-corrected chi connectivity index (χ2v) is 8.60. The van der Waals surface area contributed by atoms with Gasteiger partial charge in [0.1, 0.15) is 5.69 Å². The third-order valence-corrected chi connectivity index (χ3v) is 6.79. The highest BCUT2D eigenvalue weighted by Crippen LogP contribution is 2.49. The zero-order valence-corrected chi connectivity index (χ0v) is 17.7. The largest absolute Gasteiger partial charge is 0.493 e. The maximum absolute atomic E-state index is 13.5. The Bertz CT molecular complexity index is 1530. The van der Waals surface area contributed by atoms with Gasteiger partial charge in [-0.05, 0) is 30.0 Å². The van der Waals surface area contributed by atoms with Gasteiger partial charge >= 0.3 is 11.9 Å². The minimum Gasteiger partial charge on any atom is -0.493 e. The lowest BCUT2D eigenvalue weighted by molar-refractivity contribution is -0.138. The molecule has 1 aromatic heterocycles. The zero-order valence-electron chi connectivity index (χ0n) is 17.7. The van der Waals surface area contributed by atoms with Crippen molar-refractivity contribution in [2.75, 3.05) is 6.54 Å². The van der Waals surface area contributed by atoms with Gasteiger partial charge in [-0.25, -0.2) is 9.36 Å². The molecule has 9 heteroatoms. The third kappa shape index (κ3) is 2.76. The standard InChI is InChI=1S/C25H18F3N3O3/c26-25(27,28)18-10-4-3-9-17(18)22(32)29-13-15-12-20(29)21-23(33)31(24(34)30(15)21)19-11-5-7-14-6-1-2-8-16(14)19/h1-11,15,20,33H,12-13H2. The number of aromatic nitrogens is 2. The van der Waals surface area contributed by atoms with Crippen molar-refractivity contribution in [1.82, 2.24) is 14.0 Å². The zero-order chi connectivity index (χ0) is 23.8. The van der Waals surface area contributed by atoms with Crippen LogP contribution < -0.4 is 5.69 Å².